The van der Waals surface area contributed by atoms with Crippen molar-refractivity contribution in [2.45, 2.75) is 52.6 Å². The van der Waals surface area contributed by atoms with Crippen molar-refractivity contribution in [1.29, 1.82) is 0 Å². The van der Waals surface area contributed by atoms with Gasteiger partial charge in [0.15, 0.2) is 0 Å². The van der Waals surface area contributed by atoms with Crippen LogP contribution in [0.1, 0.15) is 51.2 Å². The molecule has 2 rings (SSSR count). The lowest BCUT2D eigenvalue weighted by atomic mass is 10.0. The molecule has 134 valence electrons. The number of carbonyl (C=O) groups excluding carboxylic acids is 1. The van der Waals surface area contributed by atoms with E-state index in [0.717, 1.165) is 5.69 Å². The summed E-state index contributed by atoms with van der Waals surface area (Å²) in [6.45, 7) is 9.84. The summed E-state index contributed by atoms with van der Waals surface area (Å²) in [4.78, 5) is 14.6. The standard InChI is InChI=1S/C22H30N2O/c1-17(2)20-12-8-9-13-21(20)23-15-14-22(25)24(18(3)4)16-19-10-6-5-7-11-19/h5-13,17-18,23H,14-16H2,1-4H3. The summed E-state index contributed by atoms with van der Waals surface area (Å²) < 4.78 is 0. The van der Waals surface area contributed by atoms with Gasteiger partial charge >= 0.3 is 0 Å². The Labute approximate surface area is 152 Å². The number of para-hydroxylation sites is 1. The molecule has 0 aliphatic heterocycles. The van der Waals surface area contributed by atoms with Gasteiger partial charge in [0.1, 0.15) is 0 Å². The van der Waals surface area contributed by atoms with Gasteiger partial charge in [-0.25, -0.2) is 0 Å². The molecule has 2 aromatic carbocycles. The Balaban J connectivity index is 1.93. The summed E-state index contributed by atoms with van der Waals surface area (Å²) >= 11 is 0. The zero-order chi connectivity index (χ0) is 18.2. The third kappa shape index (κ3) is 5.63. The monoisotopic (exact) mass is 338 g/mol. The van der Waals surface area contributed by atoms with Crippen LogP contribution in [0.5, 0.6) is 0 Å². The Bertz CT molecular complexity index is 665. The Morgan fingerprint density at radius 1 is 0.960 bits per heavy atom. The van der Waals surface area contributed by atoms with Gasteiger partial charge in [-0.15, -0.1) is 0 Å². The molecule has 0 unspecified atom stereocenters. The second kappa shape index (κ2) is 9.26. The summed E-state index contributed by atoms with van der Waals surface area (Å²) in [5.41, 5.74) is 3.59. The zero-order valence-electron chi connectivity index (χ0n) is 15.8. The highest BCUT2D eigenvalue weighted by atomic mass is 16.2. The number of benzene rings is 2. The highest BCUT2D eigenvalue weighted by molar-refractivity contribution is 5.77. The molecule has 2 aromatic rings. The molecular formula is C22H30N2O. The van der Waals surface area contributed by atoms with Crippen molar-refractivity contribution >= 4 is 11.6 Å². The SMILES string of the molecule is CC(C)c1ccccc1NCCC(=O)N(Cc1ccccc1)C(C)C. The quantitative estimate of drug-likeness (QED) is 0.730. The van der Waals surface area contributed by atoms with Gasteiger partial charge in [0.25, 0.3) is 0 Å². The van der Waals surface area contributed by atoms with Crippen molar-refractivity contribution in [1.82, 2.24) is 4.90 Å². The van der Waals surface area contributed by atoms with E-state index in [1.54, 1.807) is 0 Å². The van der Waals surface area contributed by atoms with Crippen LogP contribution in [0.25, 0.3) is 0 Å². The molecular weight excluding hydrogens is 308 g/mol. The predicted octanol–water partition coefficient (Wildman–Crippen LogP) is 5.05. The maximum Gasteiger partial charge on any atom is 0.224 e. The topological polar surface area (TPSA) is 32.3 Å². The Kier molecular flexibility index (Phi) is 7.05. The maximum atomic E-state index is 12.7. The lowest BCUT2D eigenvalue weighted by Gasteiger charge is -2.27. The van der Waals surface area contributed by atoms with Crippen LogP contribution in [-0.4, -0.2) is 23.4 Å². The highest BCUT2D eigenvalue weighted by Gasteiger charge is 2.17. The zero-order valence-corrected chi connectivity index (χ0v) is 15.8. The van der Waals surface area contributed by atoms with Crippen LogP contribution in [0.3, 0.4) is 0 Å². The highest BCUT2D eigenvalue weighted by Crippen LogP contribution is 2.23. The summed E-state index contributed by atoms with van der Waals surface area (Å²) in [7, 11) is 0. The van der Waals surface area contributed by atoms with E-state index in [0.29, 0.717) is 25.4 Å². The molecule has 25 heavy (non-hydrogen) atoms. The van der Waals surface area contributed by atoms with Crippen LogP contribution in [0.2, 0.25) is 0 Å². The Morgan fingerprint density at radius 2 is 1.60 bits per heavy atom. The smallest absolute Gasteiger partial charge is 0.224 e. The van der Waals surface area contributed by atoms with Gasteiger partial charge in [-0.1, -0.05) is 62.4 Å². The number of anilines is 1. The lowest BCUT2D eigenvalue weighted by molar-refractivity contribution is -0.133. The summed E-state index contributed by atoms with van der Waals surface area (Å²) in [5.74, 6) is 0.651. The van der Waals surface area contributed by atoms with Crippen molar-refractivity contribution in [3.05, 3.63) is 65.7 Å². The van der Waals surface area contributed by atoms with Crippen molar-refractivity contribution in [3.63, 3.8) is 0 Å². The molecule has 0 saturated carbocycles. The van der Waals surface area contributed by atoms with E-state index in [-0.39, 0.29) is 11.9 Å². The maximum absolute atomic E-state index is 12.7. The first-order valence-corrected chi connectivity index (χ1v) is 9.15. The van der Waals surface area contributed by atoms with E-state index < -0.39 is 0 Å². The van der Waals surface area contributed by atoms with Crippen molar-refractivity contribution in [3.8, 4) is 0 Å². The van der Waals surface area contributed by atoms with Gasteiger partial charge in [-0.05, 0) is 37.0 Å². The third-order valence-corrected chi connectivity index (χ3v) is 4.38. The molecule has 3 nitrogen and oxygen atoms in total. The van der Waals surface area contributed by atoms with Gasteiger partial charge < -0.3 is 10.2 Å². The normalized spacial score (nSPS) is 11.0. The first kappa shape index (κ1) is 19.0. The average molecular weight is 338 g/mol. The second-order valence-electron chi connectivity index (χ2n) is 7.02. The van der Waals surface area contributed by atoms with Gasteiger partial charge in [0.2, 0.25) is 5.91 Å². The summed E-state index contributed by atoms with van der Waals surface area (Å²) in [5, 5.41) is 3.44. The molecule has 1 N–H and O–H groups in total. The van der Waals surface area contributed by atoms with Crippen LogP contribution >= 0.6 is 0 Å². The number of amides is 1. The van der Waals surface area contributed by atoms with Gasteiger partial charge in [0.05, 0.1) is 0 Å². The van der Waals surface area contributed by atoms with Crippen LogP contribution in [0.4, 0.5) is 5.69 Å². The Morgan fingerprint density at radius 3 is 2.24 bits per heavy atom. The van der Waals surface area contributed by atoms with Crippen LogP contribution in [-0.2, 0) is 11.3 Å². The van der Waals surface area contributed by atoms with Crippen molar-refractivity contribution in [2.24, 2.45) is 0 Å². The molecule has 0 heterocycles. The minimum absolute atomic E-state index is 0.188. The fraction of sp³-hybridized carbons (Fsp3) is 0.409. The summed E-state index contributed by atoms with van der Waals surface area (Å²) in [6, 6.07) is 18.7. The molecule has 0 saturated heterocycles. The number of hydrogen-bond acceptors (Lipinski definition) is 2. The molecule has 0 aromatic heterocycles. The van der Waals surface area contributed by atoms with Crippen LogP contribution in [0, 0.1) is 0 Å². The average Bonchev–Trinajstić information content (AvgIpc) is 2.60. The van der Waals surface area contributed by atoms with E-state index >= 15 is 0 Å². The number of rotatable bonds is 8. The van der Waals surface area contributed by atoms with Gasteiger partial charge in [0, 0.05) is 31.2 Å². The molecule has 0 spiro atoms. The molecule has 3 heteroatoms. The fourth-order valence-electron chi connectivity index (χ4n) is 2.95. The first-order chi connectivity index (χ1) is 12.0. The van der Waals surface area contributed by atoms with Crippen molar-refractivity contribution < 1.29 is 4.79 Å². The van der Waals surface area contributed by atoms with E-state index in [1.807, 2.05) is 29.2 Å². The number of nitrogens with one attached hydrogen (secondary N) is 1. The van der Waals surface area contributed by atoms with E-state index in [4.69, 9.17) is 0 Å². The number of carbonyl (C=O) groups is 1. The first-order valence-electron chi connectivity index (χ1n) is 9.15. The number of nitrogens with zero attached hydrogens (tertiary/aromatic N) is 1. The molecule has 0 atom stereocenters. The fourth-order valence-corrected chi connectivity index (χ4v) is 2.95. The minimum atomic E-state index is 0.188. The van der Waals surface area contributed by atoms with E-state index in [9.17, 15) is 4.79 Å². The van der Waals surface area contributed by atoms with Crippen LogP contribution in [0.15, 0.2) is 54.6 Å². The third-order valence-electron chi connectivity index (χ3n) is 4.38. The molecule has 0 aliphatic rings. The Hall–Kier alpha value is -2.29. The molecule has 1 amide bonds. The summed E-state index contributed by atoms with van der Waals surface area (Å²) in [6.07, 6.45) is 0.497. The van der Waals surface area contributed by atoms with Gasteiger partial charge in [-0.3, -0.25) is 4.79 Å². The lowest BCUT2D eigenvalue weighted by Crippen LogP contribution is -2.37. The van der Waals surface area contributed by atoms with E-state index in [2.05, 4.69) is 63.3 Å². The van der Waals surface area contributed by atoms with Crippen LogP contribution < -0.4 is 5.32 Å². The molecule has 0 bridgehead atoms. The second-order valence-corrected chi connectivity index (χ2v) is 7.02. The van der Waals surface area contributed by atoms with E-state index in [1.165, 1.54) is 11.1 Å². The number of hydrogen-bond donors (Lipinski definition) is 1. The molecule has 0 aliphatic carbocycles. The van der Waals surface area contributed by atoms with Gasteiger partial charge in [-0.2, -0.15) is 0 Å². The predicted molar refractivity (Wildman–Crippen MR) is 106 cm³/mol. The largest absolute Gasteiger partial charge is 0.384 e. The molecule has 0 radical (unpaired) electrons. The van der Waals surface area contributed by atoms with Crippen molar-refractivity contribution in [2.75, 3.05) is 11.9 Å². The minimum Gasteiger partial charge on any atom is -0.384 e. The molecule has 0 fully saturated rings.